The molecule has 0 saturated carbocycles. The molecule has 0 aliphatic rings. The molecule has 15 heavy (non-hydrogen) atoms. The number of hydrogen-bond donors (Lipinski definition) is 1. The van der Waals surface area contributed by atoms with Crippen molar-refractivity contribution in [2.75, 3.05) is 13.2 Å². The van der Waals surface area contributed by atoms with Gasteiger partial charge in [0.15, 0.2) is 0 Å². The lowest BCUT2D eigenvalue weighted by atomic mass is 10.1. The molecule has 1 rings (SSSR count). The van der Waals surface area contributed by atoms with Gasteiger partial charge in [0.05, 0.1) is 5.56 Å². The molecule has 0 spiro atoms. The van der Waals surface area contributed by atoms with Gasteiger partial charge in [0.25, 0.3) is 5.91 Å². The molecule has 0 heterocycles. The fraction of sp³-hybridized carbons (Fsp3) is 0.300. The Kier molecular flexibility index (Phi) is 4.54. The number of aryl methyl sites for hydroxylation is 1. The molecule has 2 nitrogen and oxygen atoms in total. The summed E-state index contributed by atoms with van der Waals surface area (Å²) in [4.78, 5) is 11.5. The molecule has 0 aromatic heterocycles. The minimum atomic E-state index is -0.580. The number of alkyl halides is 1. The molecule has 82 valence electrons. The van der Waals surface area contributed by atoms with Crippen LogP contribution < -0.4 is 5.32 Å². The highest BCUT2D eigenvalue weighted by molar-refractivity contribution is 9.10. The Bertz CT molecular complexity index is 384. The summed E-state index contributed by atoms with van der Waals surface area (Å²) in [6.07, 6.45) is 0. The van der Waals surface area contributed by atoms with Crippen molar-refractivity contribution in [1.29, 1.82) is 0 Å². The zero-order chi connectivity index (χ0) is 11.4. The van der Waals surface area contributed by atoms with E-state index in [1.165, 1.54) is 0 Å². The maximum atomic E-state index is 11.9. The quantitative estimate of drug-likeness (QED) is 0.912. The zero-order valence-corrected chi connectivity index (χ0v) is 10.5. The molecule has 0 fully saturated rings. The monoisotopic (exact) mass is 293 g/mol. The third kappa shape index (κ3) is 3.18. The Labute approximate surface area is 101 Å². The van der Waals surface area contributed by atoms with Gasteiger partial charge in [-0.3, -0.25) is 4.79 Å². The first-order valence-electron chi connectivity index (χ1n) is 4.36. The molecule has 0 aliphatic heterocycles. The van der Waals surface area contributed by atoms with Gasteiger partial charge >= 0.3 is 0 Å². The summed E-state index contributed by atoms with van der Waals surface area (Å²) in [5, 5.41) is 2.95. The average molecular weight is 295 g/mol. The van der Waals surface area contributed by atoms with Crippen LogP contribution in [0.15, 0.2) is 16.6 Å². The van der Waals surface area contributed by atoms with Crippen molar-refractivity contribution in [3.05, 3.63) is 32.8 Å². The second-order valence-electron chi connectivity index (χ2n) is 3.03. The lowest BCUT2D eigenvalue weighted by Gasteiger charge is -2.07. The Morgan fingerprint density at radius 3 is 2.87 bits per heavy atom. The first-order valence-corrected chi connectivity index (χ1v) is 5.53. The van der Waals surface area contributed by atoms with Crippen molar-refractivity contribution in [2.45, 2.75) is 6.92 Å². The first-order chi connectivity index (χ1) is 7.06. The van der Waals surface area contributed by atoms with Crippen LogP contribution in [0.3, 0.4) is 0 Å². The maximum Gasteiger partial charge on any atom is 0.252 e. The highest BCUT2D eigenvalue weighted by atomic mass is 79.9. The third-order valence-corrected chi connectivity index (χ3v) is 2.94. The predicted molar refractivity (Wildman–Crippen MR) is 62.2 cm³/mol. The van der Waals surface area contributed by atoms with Gasteiger partial charge in [0.1, 0.15) is 6.67 Å². The van der Waals surface area contributed by atoms with Crippen LogP contribution >= 0.6 is 27.5 Å². The van der Waals surface area contributed by atoms with Crippen LogP contribution in [0.1, 0.15) is 15.9 Å². The summed E-state index contributed by atoms with van der Waals surface area (Å²) in [5.41, 5.74) is 1.30. The van der Waals surface area contributed by atoms with E-state index in [1.807, 2.05) is 6.92 Å². The van der Waals surface area contributed by atoms with Crippen LogP contribution in [0, 0.1) is 6.92 Å². The van der Waals surface area contributed by atoms with E-state index in [0.29, 0.717) is 15.1 Å². The Morgan fingerprint density at radius 2 is 2.27 bits per heavy atom. The van der Waals surface area contributed by atoms with Gasteiger partial charge in [0, 0.05) is 16.0 Å². The number of benzene rings is 1. The van der Waals surface area contributed by atoms with Gasteiger partial charge < -0.3 is 5.32 Å². The van der Waals surface area contributed by atoms with Crippen molar-refractivity contribution < 1.29 is 9.18 Å². The minimum absolute atomic E-state index is 0.0107. The molecule has 0 saturated heterocycles. The Hall–Kier alpha value is -0.610. The number of carbonyl (C=O) groups excluding carboxylic acids is 1. The molecule has 1 aromatic rings. The number of amides is 1. The molecule has 1 amide bonds. The smallest absolute Gasteiger partial charge is 0.252 e. The van der Waals surface area contributed by atoms with Gasteiger partial charge in [0.2, 0.25) is 0 Å². The molecule has 0 aliphatic carbocycles. The van der Waals surface area contributed by atoms with Crippen molar-refractivity contribution in [3.8, 4) is 0 Å². The van der Waals surface area contributed by atoms with Crippen LogP contribution in [0.2, 0.25) is 5.02 Å². The average Bonchev–Trinajstić information content (AvgIpc) is 2.20. The summed E-state index contributed by atoms with van der Waals surface area (Å²) in [6.45, 7) is 1.27. The zero-order valence-electron chi connectivity index (χ0n) is 8.11. The van der Waals surface area contributed by atoms with E-state index < -0.39 is 6.67 Å². The SMILES string of the molecule is Cc1cc(Br)c(C(=O)NCCF)cc1Cl. The van der Waals surface area contributed by atoms with Gasteiger partial charge in [-0.1, -0.05) is 11.6 Å². The van der Waals surface area contributed by atoms with Gasteiger partial charge in [-0.2, -0.15) is 0 Å². The molecular weight excluding hydrogens is 284 g/mol. The highest BCUT2D eigenvalue weighted by Crippen LogP contribution is 2.24. The fourth-order valence-corrected chi connectivity index (χ4v) is 1.88. The molecular formula is C10H10BrClFNO. The van der Waals surface area contributed by atoms with E-state index in [0.717, 1.165) is 5.56 Å². The summed E-state index contributed by atoms with van der Waals surface area (Å²) in [5.74, 6) is -0.332. The van der Waals surface area contributed by atoms with E-state index in [9.17, 15) is 9.18 Å². The van der Waals surface area contributed by atoms with Crippen LogP contribution in [0.4, 0.5) is 4.39 Å². The van der Waals surface area contributed by atoms with E-state index in [4.69, 9.17) is 11.6 Å². The fourth-order valence-electron chi connectivity index (χ4n) is 1.08. The predicted octanol–water partition coefficient (Wildman–Crippen LogP) is 3.11. The molecule has 0 radical (unpaired) electrons. The largest absolute Gasteiger partial charge is 0.349 e. The molecule has 1 N–H and O–H groups in total. The molecule has 1 aromatic carbocycles. The second-order valence-corrected chi connectivity index (χ2v) is 4.29. The summed E-state index contributed by atoms with van der Waals surface area (Å²) in [7, 11) is 0. The van der Waals surface area contributed by atoms with E-state index >= 15 is 0 Å². The van der Waals surface area contributed by atoms with Crippen LogP contribution in [0.25, 0.3) is 0 Å². The van der Waals surface area contributed by atoms with E-state index in [2.05, 4.69) is 21.2 Å². The van der Waals surface area contributed by atoms with Crippen LogP contribution in [-0.2, 0) is 0 Å². The number of hydrogen-bond acceptors (Lipinski definition) is 1. The first kappa shape index (κ1) is 12.5. The Morgan fingerprint density at radius 1 is 1.60 bits per heavy atom. The highest BCUT2D eigenvalue weighted by Gasteiger charge is 2.11. The topological polar surface area (TPSA) is 29.1 Å². The third-order valence-electron chi connectivity index (χ3n) is 1.87. The van der Waals surface area contributed by atoms with Gasteiger partial charge in [-0.05, 0) is 40.5 Å². The minimum Gasteiger partial charge on any atom is -0.349 e. The second kappa shape index (κ2) is 5.47. The van der Waals surface area contributed by atoms with Crippen molar-refractivity contribution in [3.63, 3.8) is 0 Å². The Balaban J connectivity index is 2.94. The lowest BCUT2D eigenvalue weighted by molar-refractivity contribution is 0.0950. The molecule has 0 unspecified atom stereocenters. The standard InChI is InChI=1S/C10H10BrClFNO/c1-6-4-8(11)7(5-9(6)12)10(15)14-3-2-13/h4-5H,2-3H2,1H3,(H,14,15). The van der Waals surface area contributed by atoms with Gasteiger partial charge in [-0.25, -0.2) is 4.39 Å². The van der Waals surface area contributed by atoms with Crippen molar-refractivity contribution >= 4 is 33.4 Å². The molecule has 0 bridgehead atoms. The summed E-state index contributed by atoms with van der Waals surface area (Å²) >= 11 is 9.15. The lowest BCUT2D eigenvalue weighted by Crippen LogP contribution is -2.25. The van der Waals surface area contributed by atoms with Gasteiger partial charge in [-0.15, -0.1) is 0 Å². The maximum absolute atomic E-state index is 11.9. The van der Waals surface area contributed by atoms with Crippen LogP contribution in [-0.4, -0.2) is 19.1 Å². The van der Waals surface area contributed by atoms with Crippen molar-refractivity contribution in [1.82, 2.24) is 5.32 Å². The van der Waals surface area contributed by atoms with E-state index in [-0.39, 0.29) is 12.5 Å². The van der Waals surface area contributed by atoms with Crippen molar-refractivity contribution in [2.24, 2.45) is 0 Å². The number of halogens is 3. The number of nitrogens with one attached hydrogen (secondary N) is 1. The van der Waals surface area contributed by atoms with E-state index in [1.54, 1.807) is 12.1 Å². The number of carbonyl (C=O) groups is 1. The number of rotatable bonds is 3. The molecule has 5 heteroatoms. The molecule has 0 atom stereocenters. The summed E-state index contributed by atoms with van der Waals surface area (Å²) < 4.78 is 12.5. The van der Waals surface area contributed by atoms with Crippen LogP contribution in [0.5, 0.6) is 0 Å². The normalized spacial score (nSPS) is 10.1. The summed E-state index contributed by atoms with van der Waals surface area (Å²) in [6, 6.07) is 3.32.